The van der Waals surface area contributed by atoms with E-state index in [-0.39, 0.29) is 0 Å². The van der Waals surface area contributed by atoms with Crippen LogP contribution in [0.3, 0.4) is 0 Å². The van der Waals surface area contributed by atoms with Crippen LogP contribution in [0.25, 0.3) is 17.0 Å². The third-order valence-electron chi connectivity index (χ3n) is 5.61. The largest absolute Gasteiger partial charge is 0.376 e. The van der Waals surface area contributed by atoms with Gasteiger partial charge < -0.3 is 9.64 Å². The molecule has 0 spiro atoms. The van der Waals surface area contributed by atoms with Crippen LogP contribution in [0.4, 0.5) is 5.82 Å². The normalized spacial score (nSPS) is 22.6. The summed E-state index contributed by atoms with van der Waals surface area (Å²) in [4.78, 5) is 4.99. The van der Waals surface area contributed by atoms with Crippen molar-refractivity contribution >= 4 is 22.8 Å². The molecule has 3 aromatic heterocycles. The number of hydrogen-bond donors (Lipinski definition) is 0. The Hall–Kier alpha value is -2.03. The van der Waals surface area contributed by atoms with Crippen molar-refractivity contribution in [3.05, 3.63) is 29.0 Å². The van der Waals surface area contributed by atoms with Gasteiger partial charge in [0.1, 0.15) is 5.82 Å². The average Bonchev–Trinajstić information content (AvgIpc) is 3.37. The molecule has 0 aromatic carbocycles. The standard InChI is InChI=1S/C19H24N6OS/c1-14-12-24(9-10-26-14)16-4-7-23(8-5-16)18-3-2-17-20-21-19(25(17)22-18)15-6-11-27-13-15/h2-3,6,11,13-14,16H,4-5,7-10,12H2,1H3. The van der Waals surface area contributed by atoms with Gasteiger partial charge in [-0.15, -0.1) is 15.3 Å². The molecule has 0 bridgehead atoms. The third kappa shape index (κ3) is 3.33. The Balaban J connectivity index is 1.32. The Morgan fingerprint density at radius 3 is 2.78 bits per heavy atom. The predicted molar refractivity (Wildman–Crippen MR) is 106 cm³/mol. The number of morpholine rings is 1. The number of thiophene rings is 1. The first kappa shape index (κ1) is 17.1. The summed E-state index contributed by atoms with van der Waals surface area (Å²) in [7, 11) is 0. The van der Waals surface area contributed by atoms with E-state index in [0.29, 0.717) is 12.1 Å². The van der Waals surface area contributed by atoms with Crippen molar-refractivity contribution < 1.29 is 4.74 Å². The highest BCUT2D eigenvalue weighted by Crippen LogP contribution is 2.25. The van der Waals surface area contributed by atoms with Crippen LogP contribution in [-0.2, 0) is 4.74 Å². The van der Waals surface area contributed by atoms with Gasteiger partial charge in [-0.05, 0) is 43.3 Å². The van der Waals surface area contributed by atoms with Crippen molar-refractivity contribution in [2.45, 2.75) is 31.9 Å². The third-order valence-corrected chi connectivity index (χ3v) is 6.29. The Bertz CT molecular complexity index is 902. The summed E-state index contributed by atoms with van der Waals surface area (Å²) in [6, 6.07) is 6.80. The summed E-state index contributed by atoms with van der Waals surface area (Å²) >= 11 is 1.66. The molecule has 1 unspecified atom stereocenters. The van der Waals surface area contributed by atoms with E-state index in [1.54, 1.807) is 11.3 Å². The SMILES string of the molecule is CC1CN(C2CCN(c3ccc4nnc(-c5ccsc5)n4n3)CC2)CCO1. The van der Waals surface area contributed by atoms with E-state index in [4.69, 9.17) is 9.84 Å². The molecule has 0 amide bonds. The van der Waals surface area contributed by atoms with Crippen molar-refractivity contribution in [1.29, 1.82) is 0 Å². The van der Waals surface area contributed by atoms with E-state index in [0.717, 1.165) is 55.6 Å². The molecule has 0 aliphatic carbocycles. The van der Waals surface area contributed by atoms with Crippen molar-refractivity contribution in [2.75, 3.05) is 37.7 Å². The lowest BCUT2D eigenvalue weighted by Gasteiger charge is -2.41. The van der Waals surface area contributed by atoms with Crippen LogP contribution in [0, 0.1) is 0 Å². The zero-order valence-electron chi connectivity index (χ0n) is 15.5. The van der Waals surface area contributed by atoms with Gasteiger partial charge in [-0.3, -0.25) is 4.90 Å². The molecular weight excluding hydrogens is 360 g/mol. The fourth-order valence-corrected chi connectivity index (χ4v) is 4.79. The molecule has 3 aromatic rings. The Morgan fingerprint density at radius 1 is 1.11 bits per heavy atom. The molecule has 0 N–H and O–H groups in total. The van der Waals surface area contributed by atoms with Gasteiger partial charge in [0.15, 0.2) is 11.5 Å². The zero-order valence-corrected chi connectivity index (χ0v) is 16.3. The Morgan fingerprint density at radius 2 is 2.00 bits per heavy atom. The second-order valence-electron chi connectivity index (χ2n) is 7.39. The van der Waals surface area contributed by atoms with Crippen LogP contribution < -0.4 is 4.90 Å². The molecule has 142 valence electrons. The van der Waals surface area contributed by atoms with Crippen molar-refractivity contribution in [3.63, 3.8) is 0 Å². The Labute approximate surface area is 162 Å². The predicted octanol–water partition coefficient (Wildman–Crippen LogP) is 2.54. The van der Waals surface area contributed by atoms with Gasteiger partial charge in [0.05, 0.1) is 12.7 Å². The quantitative estimate of drug-likeness (QED) is 0.692. The van der Waals surface area contributed by atoms with Crippen molar-refractivity contribution in [1.82, 2.24) is 24.7 Å². The smallest absolute Gasteiger partial charge is 0.186 e. The molecule has 8 heteroatoms. The van der Waals surface area contributed by atoms with E-state index in [1.165, 1.54) is 12.8 Å². The minimum absolute atomic E-state index is 0.352. The summed E-state index contributed by atoms with van der Waals surface area (Å²) in [5, 5.41) is 17.6. The number of anilines is 1. The van der Waals surface area contributed by atoms with Gasteiger partial charge in [-0.25, -0.2) is 0 Å². The van der Waals surface area contributed by atoms with E-state index in [1.807, 2.05) is 10.6 Å². The minimum Gasteiger partial charge on any atom is -0.376 e. The zero-order chi connectivity index (χ0) is 18.2. The van der Waals surface area contributed by atoms with Gasteiger partial charge in [0, 0.05) is 43.2 Å². The monoisotopic (exact) mass is 384 g/mol. The highest BCUT2D eigenvalue weighted by Gasteiger charge is 2.28. The number of nitrogens with zero attached hydrogens (tertiary/aromatic N) is 6. The highest BCUT2D eigenvalue weighted by molar-refractivity contribution is 7.08. The topological polar surface area (TPSA) is 58.8 Å². The van der Waals surface area contributed by atoms with Gasteiger partial charge in [-0.2, -0.15) is 15.9 Å². The van der Waals surface area contributed by atoms with Gasteiger partial charge >= 0.3 is 0 Å². The average molecular weight is 385 g/mol. The lowest BCUT2D eigenvalue weighted by atomic mass is 10.0. The molecule has 7 nitrogen and oxygen atoms in total. The number of fused-ring (bicyclic) bond motifs is 1. The summed E-state index contributed by atoms with van der Waals surface area (Å²) in [6.07, 6.45) is 2.70. The van der Waals surface area contributed by atoms with Crippen LogP contribution in [0.1, 0.15) is 19.8 Å². The van der Waals surface area contributed by atoms with Gasteiger partial charge in [0.2, 0.25) is 0 Å². The summed E-state index contributed by atoms with van der Waals surface area (Å²) in [5.41, 5.74) is 1.86. The number of rotatable bonds is 3. The molecule has 2 aliphatic heterocycles. The fraction of sp³-hybridized carbons (Fsp3) is 0.526. The first-order valence-corrected chi connectivity index (χ1v) is 10.6. The summed E-state index contributed by atoms with van der Waals surface area (Å²) in [5.74, 6) is 1.82. The van der Waals surface area contributed by atoms with Crippen LogP contribution in [-0.4, -0.2) is 69.6 Å². The molecule has 2 saturated heterocycles. The first-order chi connectivity index (χ1) is 13.3. The van der Waals surface area contributed by atoms with Gasteiger partial charge in [-0.1, -0.05) is 0 Å². The number of piperidine rings is 1. The lowest BCUT2D eigenvalue weighted by molar-refractivity contribution is -0.0373. The number of aromatic nitrogens is 4. The van der Waals surface area contributed by atoms with Crippen LogP contribution in [0.5, 0.6) is 0 Å². The Kier molecular flexibility index (Phi) is 4.55. The molecule has 5 heterocycles. The van der Waals surface area contributed by atoms with Crippen LogP contribution >= 0.6 is 11.3 Å². The molecule has 0 saturated carbocycles. The van der Waals surface area contributed by atoms with E-state index in [2.05, 4.69) is 49.8 Å². The first-order valence-electron chi connectivity index (χ1n) is 9.63. The maximum absolute atomic E-state index is 5.69. The molecule has 1 atom stereocenters. The second kappa shape index (κ2) is 7.18. The highest BCUT2D eigenvalue weighted by atomic mass is 32.1. The summed E-state index contributed by atoms with van der Waals surface area (Å²) in [6.45, 7) is 7.21. The maximum Gasteiger partial charge on any atom is 0.186 e. The second-order valence-corrected chi connectivity index (χ2v) is 8.17. The van der Waals surface area contributed by atoms with Crippen LogP contribution in [0.2, 0.25) is 0 Å². The van der Waals surface area contributed by atoms with E-state index < -0.39 is 0 Å². The van der Waals surface area contributed by atoms with E-state index >= 15 is 0 Å². The molecular formula is C19H24N6OS. The number of ether oxygens (including phenoxy) is 1. The molecule has 5 rings (SSSR count). The summed E-state index contributed by atoms with van der Waals surface area (Å²) < 4.78 is 7.56. The lowest BCUT2D eigenvalue weighted by Crippen LogP contribution is -2.51. The molecule has 0 radical (unpaired) electrons. The number of hydrogen-bond acceptors (Lipinski definition) is 7. The van der Waals surface area contributed by atoms with Crippen molar-refractivity contribution in [2.24, 2.45) is 0 Å². The van der Waals surface area contributed by atoms with E-state index in [9.17, 15) is 0 Å². The molecule has 2 aliphatic rings. The van der Waals surface area contributed by atoms with Crippen LogP contribution in [0.15, 0.2) is 29.0 Å². The minimum atomic E-state index is 0.352. The molecule has 27 heavy (non-hydrogen) atoms. The fourth-order valence-electron chi connectivity index (χ4n) is 4.16. The maximum atomic E-state index is 5.69. The van der Waals surface area contributed by atoms with Crippen molar-refractivity contribution in [3.8, 4) is 11.4 Å². The van der Waals surface area contributed by atoms with Gasteiger partial charge in [0.25, 0.3) is 0 Å². The molecule has 2 fully saturated rings.